The lowest BCUT2D eigenvalue weighted by Gasteiger charge is -2.23. The van der Waals surface area contributed by atoms with Crippen molar-refractivity contribution in [3.05, 3.63) is 18.5 Å². The molecule has 1 aromatic rings. The smallest absolute Gasteiger partial charge is 0.0641 e. The van der Waals surface area contributed by atoms with Crippen LogP contribution in [0.2, 0.25) is 0 Å². The molecule has 4 heteroatoms. The Bertz CT molecular complexity index is 331. The van der Waals surface area contributed by atoms with Gasteiger partial charge in [0.2, 0.25) is 0 Å². The Kier molecular flexibility index (Phi) is 7.18. The van der Waals surface area contributed by atoms with Crippen LogP contribution >= 0.6 is 0 Å². The number of aromatic nitrogens is 1. The molecule has 0 aromatic carbocycles. The van der Waals surface area contributed by atoms with Gasteiger partial charge in [-0.2, -0.15) is 0 Å². The average Bonchev–Trinajstić information content (AvgIpc) is 2.42. The molecule has 0 saturated heterocycles. The third-order valence-corrected chi connectivity index (χ3v) is 2.76. The Morgan fingerprint density at radius 1 is 1.28 bits per heavy atom. The van der Waals surface area contributed by atoms with Crippen molar-refractivity contribution >= 4 is 11.4 Å². The number of ether oxygens (including phenoxy) is 1. The molecule has 0 unspecified atom stereocenters. The lowest BCUT2D eigenvalue weighted by Crippen LogP contribution is -2.27. The van der Waals surface area contributed by atoms with E-state index in [9.17, 15) is 0 Å². The van der Waals surface area contributed by atoms with Gasteiger partial charge in [0.1, 0.15) is 0 Å². The Morgan fingerprint density at radius 3 is 2.78 bits per heavy atom. The number of anilines is 2. The molecule has 0 spiro atoms. The summed E-state index contributed by atoms with van der Waals surface area (Å²) in [5.74, 6) is 0. The number of pyridine rings is 1. The summed E-state index contributed by atoms with van der Waals surface area (Å²) >= 11 is 0. The van der Waals surface area contributed by atoms with E-state index in [1.54, 1.807) is 0 Å². The fourth-order valence-corrected chi connectivity index (χ4v) is 1.76. The van der Waals surface area contributed by atoms with Crippen molar-refractivity contribution in [3.63, 3.8) is 0 Å². The number of hydrogen-bond donors (Lipinski definition) is 1. The first kappa shape index (κ1) is 14.8. The highest BCUT2D eigenvalue weighted by Crippen LogP contribution is 2.17. The summed E-state index contributed by atoms with van der Waals surface area (Å²) in [6.07, 6.45) is 4.90. The van der Waals surface area contributed by atoms with Crippen LogP contribution in [0.4, 0.5) is 11.4 Å². The number of nitrogens with one attached hydrogen (secondary N) is 1. The Hall–Kier alpha value is -1.29. The predicted molar refractivity (Wildman–Crippen MR) is 77.4 cm³/mol. The molecule has 0 aliphatic heterocycles. The van der Waals surface area contributed by atoms with Crippen LogP contribution in [0.3, 0.4) is 0 Å². The first-order valence-electron chi connectivity index (χ1n) is 6.83. The summed E-state index contributed by atoms with van der Waals surface area (Å²) in [5.41, 5.74) is 2.24. The van der Waals surface area contributed by atoms with E-state index < -0.39 is 0 Å². The van der Waals surface area contributed by atoms with E-state index in [1.807, 2.05) is 19.3 Å². The fraction of sp³-hybridized carbons (Fsp3) is 0.643. The van der Waals surface area contributed by atoms with Gasteiger partial charge in [-0.15, -0.1) is 0 Å². The summed E-state index contributed by atoms with van der Waals surface area (Å²) in [6, 6.07) is 2.15. The SMILES string of the molecule is CCCNc1cncc(N(CC)CCOCC)c1. The minimum absolute atomic E-state index is 0.761. The molecule has 0 atom stereocenters. The molecule has 0 saturated carbocycles. The third kappa shape index (κ3) is 4.92. The number of likely N-dealkylation sites (N-methyl/N-ethyl adjacent to an activating group) is 1. The van der Waals surface area contributed by atoms with Crippen molar-refractivity contribution in [1.82, 2.24) is 4.98 Å². The van der Waals surface area contributed by atoms with E-state index >= 15 is 0 Å². The molecule has 0 fully saturated rings. The van der Waals surface area contributed by atoms with Crippen LogP contribution in [0.25, 0.3) is 0 Å². The molecule has 0 aliphatic carbocycles. The first-order chi connectivity index (χ1) is 8.81. The largest absolute Gasteiger partial charge is 0.384 e. The van der Waals surface area contributed by atoms with Gasteiger partial charge < -0.3 is 15.0 Å². The van der Waals surface area contributed by atoms with E-state index in [2.05, 4.69) is 35.1 Å². The Balaban J connectivity index is 2.60. The van der Waals surface area contributed by atoms with Crippen molar-refractivity contribution in [1.29, 1.82) is 0 Å². The maximum absolute atomic E-state index is 5.40. The Morgan fingerprint density at radius 2 is 2.11 bits per heavy atom. The standard InChI is InChI=1S/C14H25N3O/c1-4-7-16-13-10-14(12-15-11-13)17(5-2)8-9-18-6-3/h10-12,16H,4-9H2,1-3H3. The molecule has 18 heavy (non-hydrogen) atoms. The molecule has 0 aliphatic rings. The topological polar surface area (TPSA) is 37.4 Å². The van der Waals surface area contributed by atoms with Crippen LogP contribution in [-0.2, 0) is 4.74 Å². The first-order valence-corrected chi connectivity index (χ1v) is 6.83. The molecule has 1 N–H and O–H groups in total. The van der Waals surface area contributed by atoms with Gasteiger partial charge >= 0.3 is 0 Å². The lowest BCUT2D eigenvalue weighted by atomic mass is 10.3. The zero-order valence-electron chi connectivity index (χ0n) is 11.8. The summed E-state index contributed by atoms with van der Waals surface area (Å²) in [4.78, 5) is 6.57. The van der Waals surface area contributed by atoms with Crippen LogP contribution in [0, 0.1) is 0 Å². The van der Waals surface area contributed by atoms with E-state index in [1.165, 1.54) is 0 Å². The molecular weight excluding hydrogens is 226 g/mol. The summed E-state index contributed by atoms with van der Waals surface area (Å²) in [6.45, 7) is 10.7. The van der Waals surface area contributed by atoms with Crippen LogP contribution in [-0.4, -0.2) is 37.8 Å². The van der Waals surface area contributed by atoms with Gasteiger partial charge in [0.05, 0.1) is 30.4 Å². The summed E-state index contributed by atoms with van der Waals surface area (Å²) < 4.78 is 5.40. The van der Waals surface area contributed by atoms with Gasteiger partial charge in [-0.3, -0.25) is 4.98 Å². The number of rotatable bonds is 9. The summed E-state index contributed by atoms with van der Waals surface area (Å²) in [7, 11) is 0. The van der Waals surface area contributed by atoms with E-state index in [-0.39, 0.29) is 0 Å². The molecule has 0 bridgehead atoms. The zero-order valence-corrected chi connectivity index (χ0v) is 11.8. The molecule has 102 valence electrons. The highest BCUT2D eigenvalue weighted by atomic mass is 16.5. The number of hydrogen-bond acceptors (Lipinski definition) is 4. The van der Waals surface area contributed by atoms with Gasteiger partial charge in [0.25, 0.3) is 0 Å². The summed E-state index contributed by atoms with van der Waals surface area (Å²) in [5, 5.41) is 3.36. The van der Waals surface area contributed by atoms with E-state index in [4.69, 9.17) is 4.74 Å². The molecule has 0 radical (unpaired) electrons. The second-order valence-corrected chi connectivity index (χ2v) is 4.14. The molecule has 4 nitrogen and oxygen atoms in total. The second kappa shape index (κ2) is 8.75. The quantitative estimate of drug-likeness (QED) is 0.685. The molecule has 1 rings (SSSR count). The second-order valence-electron chi connectivity index (χ2n) is 4.14. The normalized spacial score (nSPS) is 10.4. The third-order valence-electron chi connectivity index (χ3n) is 2.76. The molecular formula is C14H25N3O. The van der Waals surface area contributed by atoms with Crippen LogP contribution < -0.4 is 10.2 Å². The highest BCUT2D eigenvalue weighted by Gasteiger charge is 2.05. The monoisotopic (exact) mass is 251 g/mol. The average molecular weight is 251 g/mol. The predicted octanol–water partition coefficient (Wildman–Crippen LogP) is 2.77. The van der Waals surface area contributed by atoms with Crippen molar-refractivity contribution < 1.29 is 4.74 Å². The fourth-order valence-electron chi connectivity index (χ4n) is 1.76. The van der Waals surface area contributed by atoms with Crippen molar-refractivity contribution in [2.24, 2.45) is 0 Å². The number of nitrogens with zero attached hydrogens (tertiary/aromatic N) is 2. The molecule has 1 heterocycles. The van der Waals surface area contributed by atoms with Crippen molar-refractivity contribution in [3.8, 4) is 0 Å². The van der Waals surface area contributed by atoms with Gasteiger partial charge in [-0.05, 0) is 26.3 Å². The van der Waals surface area contributed by atoms with E-state index in [0.29, 0.717) is 0 Å². The van der Waals surface area contributed by atoms with Crippen molar-refractivity contribution in [2.45, 2.75) is 27.2 Å². The lowest BCUT2D eigenvalue weighted by molar-refractivity contribution is 0.154. The Labute approximate surface area is 110 Å². The van der Waals surface area contributed by atoms with Gasteiger partial charge in [-0.1, -0.05) is 6.92 Å². The molecule has 1 aromatic heterocycles. The maximum Gasteiger partial charge on any atom is 0.0641 e. The van der Waals surface area contributed by atoms with Gasteiger partial charge in [-0.25, -0.2) is 0 Å². The minimum atomic E-state index is 0.761. The van der Waals surface area contributed by atoms with Crippen LogP contribution in [0.15, 0.2) is 18.5 Å². The van der Waals surface area contributed by atoms with E-state index in [0.717, 1.165) is 50.6 Å². The molecule has 0 amide bonds. The van der Waals surface area contributed by atoms with Crippen LogP contribution in [0.5, 0.6) is 0 Å². The minimum Gasteiger partial charge on any atom is -0.384 e. The van der Waals surface area contributed by atoms with Gasteiger partial charge in [0.15, 0.2) is 0 Å². The van der Waals surface area contributed by atoms with Crippen LogP contribution in [0.1, 0.15) is 27.2 Å². The van der Waals surface area contributed by atoms with Crippen molar-refractivity contribution in [2.75, 3.05) is 43.1 Å². The maximum atomic E-state index is 5.40. The zero-order chi connectivity index (χ0) is 13.2. The van der Waals surface area contributed by atoms with Gasteiger partial charge in [0, 0.05) is 26.2 Å². The highest BCUT2D eigenvalue weighted by molar-refractivity contribution is 5.55.